The first kappa shape index (κ1) is 10.8. The molecule has 2 amide bonds. The summed E-state index contributed by atoms with van der Waals surface area (Å²) in [7, 11) is 1.57. The number of carbonyl (C=O) groups excluding carboxylic acids is 1. The average molecular weight is 200 g/mol. The smallest absolute Gasteiger partial charge is 0.407 e. The van der Waals surface area contributed by atoms with E-state index in [2.05, 4.69) is 0 Å². The molecule has 0 unspecified atom stereocenters. The van der Waals surface area contributed by atoms with Crippen molar-refractivity contribution in [3.63, 3.8) is 0 Å². The molecule has 1 rings (SSSR count). The number of amides is 2. The van der Waals surface area contributed by atoms with Gasteiger partial charge in [-0.3, -0.25) is 4.79 Å². The van der Waals surface area contributed by atoms with Crippen molar-refractivity contribution in [1.82, 2.24) is 4.90 Å². The van der Waals surface area contributed by atoms with Crippen molar-refractivity contribution in [2.24, 2.45) is 11.7 Å². The summed E-state index contributed by atoms with van der Waals surface area (Å²) in [5.41, 5.74) is 5.18. The maximum atomic E-state index is 10.9. The number of hydrogen-bond donors (Lipinski definition) is 2. The van der Waals surface area contributed by atoms with Crippen molar-refractivity contribution in [3.8, 4) is 0 Å². The van der Waals surface area contributed by atoms with Crippen LogP contribution >= 0.6 is 0 Å². The Kier molecular flexibility index (Phi) is 3.33. The normalized spacial score (nSPS) is 26.9. The van der Waals surface area contributed by atoms with E-state index in [1.807, 2.05) is 0 Å². The molecule has 0 saturated heterocycles. The highest BCUT2D eigenvalue weighted by atomic mass is 16.4. The van der Waals surface area contributed by atoms with Gasteiger partial charge in [0.1, 0.15) is 0 Å². The van der Waals surface area contributed by atoms with Crippen LogP contribution in [0.2, 0.25) is 0 Å². The zero-order valence-electron chi connectivity index (χ0n) is 8.27. The Balaban J connectivity index is 2.43. The van der Waals surface area contributed by atoms with Crippen LogP contribution in [0.5, 0.6) is 0 Å². The van der Waals surface area contributed by atoms with Gasteiger partial charge >= 0.3 is 6.09 Å². The van der Waals surface area contributed by atoms with Crippen LogP contribution in [0.25, 0.3) is 0 Å². The molecular formula is C9H16N2O3. The molecule has 5 nitrogen and oxygen atoms in total. The van der Waals surface area contributed by atoms with Crippen LogP contribution in [-0.2, 0) is 4.79 Å². The number of hydrogen-bond acceptors (Lipinski definition) is 2. The highest BCUT2D eigenvalue weighted by Gasteiger charge is 2.28. The predicted molar refractivity (Wildman–Crippen MR) is 50.7 cm³/mol. The lowest BCUT2D eigenvalue weighted by atomic mass is 9.85. The molecule has 1 aliphatic rings. The minimum Gasteiger partial charge on any atom is -0.465 e. The van der Waals surface area contributed by atoms with Gasteiger partial charge in [-0.2, -0.15) is 0 Å². The molecule has 0 spiro atoms. The summed E-state index contributed by atoms with van der Waals surface area (Å²) >= 11 is 0. The molecule has 1 fully saturated rings. The highest BCUT2D eigenvalue weighted by molar-refractivity contribution is 5.76. The fourth-order valence-electron chi connectivity index (χ4n) is 1.90. The lowest BCUT2D eigenvalue weighted by Crippen LogP contribution is -2.40. The van der Waals surface area contributed by atoms with Crippen LogP contribution < -0.4 is 5.73 Å². The Hall–Kier alpha value is -1.26. The predicted octanol–water partition coefficient (Wildman–Crippen LogP) is 0.640. The van der Waals surface area contributed by atoms with E-state index in [0.29, 0.717) is 12.8 Å². The minimum absolute atomic E-state index is 0.0445. The summed E-state index contributed by atoms with van der Waals surface area (Å²) in [6.45, 7) is 0. The summed E-state index contributed by atoms with van der Waals surface area (Å²) in [5, 5.41) is 8.74. The van der Waals surface area contributed by atoms with Crippen LogP contribution in [0.4, 0.5) is 4.79 Å². The van der Waals surface area contributed by atoms with E-state index in [0.717, 1.165) is 12.8 Å². The maximum Gasteiger partial charge on any atom is 0.407 e. The Morgan fingerprint density at radius 1 is 1.29 bits per heavy atom. The Morgan fingerprint density at radius 2 is 1.79 bits per heavy atom. The SMILES string of the molecule is CN(C(=O)O)C1CCC(C(N)=O)CC1. The van der Waals surface area contributed by atoms with Gasteiger partial charge in [-0.25, -0.2) is 4.79 Å². The van der Waals surface area contributed by atoms with E-state index in [4.69, 9.17) is 10.8 Å². The molecule has 0 aliphatic heterocycles. The molecule has 0 aromatic rings. The molecule has 0 heterocycles. The Bertz CT molecular complexity index is 234. The average Bonchev–Trinajstić information content (AvgIpc) is 2.16. The van der Waals surface area contributed by atoms with Gasteiger partial charge in [0.15, 0.2) is 0 Å². The quantitative estimate of drug-likeness (QED) is 0.686. The van der Waals surface area contributed by atoms with Crippen LogP contribution in [-0.4, -0.2) is 35.1 Å². The molecule has 0 aromatic heterocycles. The summed E-state index contributed by atoms with van der Waals surface area (Å²) in [4.78, 5) is 22.8. The maximum absolute atomic E-state index is 10.9. The number of carboxylic acid groups (broad SMARTS) is 1. The third-order valence-corrected chi connectivity index (χ3v) is 2.95. The van der Waals surface area contributed by atoms with Crippen molar-refractivity contribution < 1.29 is 14.7 Å². The van der Waals surface area contributed by atoms with Gasteiger partial charge in [0.2, 0.25) is 5.91 Å². The fraction of sp³-hybridized carbons (Fsp3) is 0.778. The van der Waals surface area contributed by atoms with Crippen molar-refractivity contribution in [3.05, 3.63) is 0 Å². The molecule has 5 heteroatoms. The zero-order valence-corrected chi connectivity index (χ0v) is 8.27. The first-order valence-corrected chi connectivity index (χ1v) is 4.77. The van der Waals surface area contributed by atoms with Gasteiger partial charge < -0.3 is 15.7 Å². The molecule has 1 aliphatic carbocycles. The summed E-state index contributed by atoms with van der Waals surface area (Å²) in [6, 6.07) is 0.0445. The molecule has 0 aromatic carbocycles. The summed E-state index contributed by atoms with van der Waals surface area (Å²) in [6.07, 6.45) is 1.97. The lowest BCUT2D eigenvalue weighted by Gasteiger charge is -2.31. The van der Waals surface area contributed by atoms with Gasteiger partial charge in [0.05, 0.1) is 0 Å². The van der Waals surface area contributed by atoms with E-state index in [-0.39, 0.29) is 17.9 Å². The molecule has 0 atom stereocenters. The van der Waals surface area contributed by atoms with E-state index < -0.39 is 6.09 Å². The highest BCUT2D eigenvalue weighted by Crippen LogP contribution is 2.26. The summed E-state index contributed by atoms with van der Waals surface area (Å²) < 4.78 is 0. The van der Waals surface area contributed by atoms with Crippen LogP contribution in [0.1, 0.15) is 25.7 Å². The molecule has 0 bridgehead atoms. The van der Waals surface area contributed by atoms with Crippen LogP contribution in [0.3, 0.4) is 0 Å². The number of nitrogens with zero attached hydrogens (tertiary/aromatic N) is 1. The van der Waals surface area contributed by atoms with Crippen molar-refractivity contribution >= 4 is 12.0 Å². The Labute approximate surface area is 82.9 Å². The third-order valence-electron chi connectivity index (χ3n) is 2.95. The van der Waals surface area contributed by atoms with Crippen molar-refractivity contribution in [2.75, 3.05) is 7.05 Å². The van der Waals surface area contributed by atoms with Crippen molar-refractivity contribution in [2.45, 2.75) is 31.7 Å². The number of rotatable bonds is 2. The van der Waals surface area contributed by atoms with Gasteiger partial charge in [0.25, 0.3) is 0 Å². The minimum atomic E-state index is -0.910. The first-order valence-electron chi connectivity index (χ1n) is 4.77. The number of carbonyl (C=O) groups is 2. The van der Waals surface area contributed by atoms with Crippen LogP contribution in [0.15, 0.2) is 0 Å². The second-order valence-electron chi connectivity index (χ2n) is 3.80. The fourth-order valence-corrected chi connectivity index (χ4v) is 1.90. The van der Waals surface area contributed by atoms with E-state index in [9.17, 15) is 9.59 Å². The largest absolute Gasteiger partial charge is 0.465 e. The number of primary amides is 1. The molecule has 0 radical (unpaired) electrons. The zero-order chi connectivity index (χ0) is 10.7. The second kappa shape index (κ2) is 4.30. The van der Waals surface area contributed by atoms with E-state index >= 15 is 0 Å². The van der Waals surface area contributed by atoms with Crippen molar-refractivity contribution in [1.29, 1.82) is 0 Å². The van der Waals surface area contributed by atoms with Gasteiger partial charge in [0, 0.05) is 19.0 Å². The molecule has 80 valence electrons. The Morgan fingerprint density at radius 3 is 2.14 bits per heavy atom. The summed E-state index contributed by atoms with van der Waals surface area (Å²) in [5.74, 6) is -0.324. The standard InChI is InChI=1S/C9H16N2O3/c1-11(9(13)14)7-4-2-6(3-5-7)8(10)12/h6-7H,2-5H2,1H3,(H2,10,12)(H,13,14). The second-order valence-corrected chi connectivity index (χ2v) is 3.80. The van der Waals surface area contributed by atoms with Gasteiger partial charge in [-0.1, -0.05) is 0 Å². The molecule has 14 heavy (non-hydrogen) atoms. The third kappa shape index (κ3) is 2.37. The van der Waals surface area contributed by atoms with Crippen LogP contribution in [0, 0.1) is 5.92 Å². The molecule has 1 saturated carbocycles. The monoisotopic (exact) mass is 200 g/mol. The topological polar surface area (TPSA) is 83.6 Å². The molecule has 3 N–H and O–H groups in total. The first-order chi connectivity index (χ1) is 6.52. The lowest BCUT2D eigenvalue weighted by molar-refractivity contribution is -0.122. The number of nitrogens with two attached hydrogens (primary N) is 1. The van der Waals surface area contributed by atoms with Gasteiger partial charge in [-0.15, -0.1) is 0 Å². The van der Waals surface area contributed by atoms with Gasteiger partial charge in [-0.05, 0) is 25.7 Å². The molecular weight excluding hydrogens is 184 g/mol. The van der Waals surface area contributed by atoms with E-state index in [1.165, 1.54) is 4.90 Å². The van der Waals surface area contributed by atoms with E-state index in [1.54, 1.807) is 7.05 Å².